The zero-order chi connectivity index (χ0) is 17.2. The SMILES string of the molecule is CCNc1nc(N[C@H]2CC[C@H](N)CC2)nc2c1ncn2C1CCCC1.Cl.Cl. The molecular formula is C18H31Cl2N7. The third-order valence-corrected chi connectivity index (χ3v) is 5.59. The van der Waals surface area contributed by atoms with Crippen molar-refractivity contribution in [2.24, 2.45) is 5.73 Å². The molecule has 4 N–H and O–H groups in total. The fraction of sp³-hybridized carbons (Fsp3) is 0.722. The fourth-order valence-electron chi connectivity index (χ4n) is 4.17. The Balaban J connectivity index is 0.00000131. The van der Waals surface area contributed by atoms with E-state index in [9.17, 15) is 0 Å². The predicted octanol–water partition coefficient (Wildman–Crippen LogP) is 3.90. The Morgan fingerprint density at radius 2 is 1.78 bits per heavy atom. The monoisotopic (exact) mass is 415 g/mol. The quantitative estimate of drug-likeness (QED) is 0.685. The molecule has 2 aromatic rings. The summed E-state index contributed by atoms with van der Waals surface area (Å²) in [5.74, 6) is 1.54. The van der Waals surface area contributed by atoms with Crippen LogP contribution in [0.4, 0.5) is 11.8 Å². The van der Waals surface area contributed by atoms with Gasteiger partial charge >= 0.3 is 0 Å². The number of halogens is 2. The number of anilines is 2. The van der Waals surface area contributed by atoms with Crippen molar-refractivity contribution in [1.29, 1.82) is 0 Å². The van der Waals surface area contributed by atoms with Crippen molar-refractivity contribution in [2.75, 3.05) is 17.2 Å². The molecule has 2 fully saturated rings. The van der Waals surface area contributed by atoms with Gasteiger partial charge in [0.1, 0.15) is 0 Å². The molecule has 4 rings (SSSR count). The smallest absolute Gasteiger partial charge is 0.227 e. The molecule has 2 aliphatic rings. The molecule has 0 spiro atoms. The lowest BCUT2D eigenvalue weighted by Crippen LogP contribution is -2.33. The second kappa shape index (κ2) is 9.75. The molecule has 2 saturated carbocycles. The number of fused-ring (bicyclic) bond motifs is 1. The highest BCUT2D eigenvalue weighted by Gasteiger charge is 2.23. The van der Waals surface area contributed by atoms with E-state index in [1.807, 2.05) is 6.33 Å². The number of hydrogen-bond donors (Lipinski definition) is 3. The second-order valence-corrected chi connectivity index (χ2v) is 7.44. The van der Waals surface area contributed by atoms with Gasteiger partial charge in [-0.2, -0.15) is 9.97 Å². The zero-order valence-electron chi connectivity index (χ0n) is 15.9. The van der Waals surface area contributed by atoms with E-state index in [4.69, 9.17) is 15.7 Å². The van der Waals surface area contributed by atoms with E-state index in [1.165, 1.54) is 25.7 Å². The largest absolute Gasteiger partial charge is 0.368 e. The molecule has 0 aromatic carbocycles. The van der Waals surface area contributed by atoms with Crippen molar-refractivity contribution in [3.05, 3.63) is 6.33 Å². The molecular weight excluding hydrogens is 385 g/mol. The van der Waals surface area contributed by atoms with Gasteiger partial charge in [0.05, 0.1) is 6.33 Å². The molecule has 0 radical (unpaired) electrons. The Bertz CT molecular complexity index is 722. The van der Waals surface area contributed by atoms with Gasteiger partial charge in [-0.1, -0.05) is 12.8 Å². The van der Waals surface area contributed by atoms with Crippen molar-refractivity contribution >= 4 is 47.7 Å². The average Bonchev–Trinajstić information content (AvgIpc) is 3.26. The van der Waals surface area contributed by atoms with Gasteiger partial charge in [-0.3, -0.25) is 0 Å². The van der Waals surface area contributed by atoms with Crippen molar-refractivity contribution in [3.8, 4) is 0 Å². The summed E-state index contributed by atoms with van der Waals surface area (Å²) in [5.41, 5.74) is 7.85. The van der Waals surface area contributed by atoms with Crippen LogP contribution < -0.4 is 16.4 Å². The highest BCUT2D eigenvalue weighted by Crippen LogP contribution is 2.33. The number of hydrogen-bond acceptors (Lipinski definition) is 6. The third-order valence-electron chi connectivity index (χ3n) is 5.59. The van der Waals surface area contributed by atoms with E-state index in [-0.39, 0.29) is 24.8 Å². The second-order valence-electron chi connectivity index (χ2n) is 7.44. The first-order valence-electron chi connectivity index (χ1n) is 9.75. The first kappa shape index (κ1) is 22.0. The van der Waals surface area contributed by atoms with Gasteiger partial charge in [0.25, 0.3) is 0 Å². The molecule has 0 bridgehead atoms. The molecule has 152 valence electrons. The first-order chi connectivity index (χ1) is 12.2. The minimum absolute atomic E-state index is 0. The van der Waals surface area contributed by atoms with Gasteiger partial charge in [-0.05, 0) is 45.4 Å². The Hall–Kier alpha value is -1.31. The van der Waals surface area contributed by atoms with Crippen molar-refractivity contribution in [2.45, 2.75) is 76.4 Å². The molecule has 9 heteroatoms. The molecule has 7 nitrogen and oxygen atoms in total. The molecule has 0 atom stereocenters. The van der Waals surface area contributed by atoms with Crippen LogP contribution in [0.3, 0.4) is 0 Å². The van der Waals surface area contributed by atoms with E-state index < -0.39 is 0 Å². The van der Waals surface area contributed by atoms with Crippen molar-refractivity contribution in [1.82, 2.24) is 19.5 Å². The van der Waals surface area contributed by atoms with E-state index in [1.54, 1.807) is 0 Å². The number of nitrogens with zero attached hydrogens (tertiary/aromatic N) is 4. The highest BCUT2D eigenvalue weighted by molar-refractivity contribution is 5.86. The first-order valence-corrected chi connectivity index (χ1v) is 9.75. The van der Waals surface area contributed by atoms with Crippen LogP contribution >= 0.6 is 24.8 Å². The summed E-state index contributed by atoms with van der Waals surface area (Å²) in [6.45, 7) is 2.90. The molecule has 27 heavy (non-hydrogen) atoms. The molecule has 0 saturated heterocycles. The number of rotatable bonds is 5. The standard InChI is InChI=1S/C18H29N7.2ClH/c1-2-20-16-15-17(25(11-21-15)14-5-3-4-6-14)24-18(23-16)22-13-9-7-12(19)8-10-13;;/h11-14H,2-10,19H2,1H3,(H2,20,22,23,24);2*1H/t12-,13-;;. The third kappa shape index (κ3) is 4.76. The Morgan fingerprint density at radius 3 is 2.44 bits per heavy atom. The van der Waals surface area contributed by atoms with Crippen LogP contribution in [0.5, 0.6) is 0 Å². The summed E-state index contributed by atoms with van der Waals surface area (Å²) in [6.07, 6.45) is 11.3. The number of imidazole rings is 1. The van der Waals surface area contributed by atoms with E-state index >= 15 is 0 Å². The Kier molecular flexibility index (Phi) is 7.94. The summed E-state index contributed by atoms with van der Waals surface area (Å²) in [7, 11) is 0. The minimum atomic E-state index is 0. The van der Waals surface area contributed by atoms with Crippen LogP contribution in [0.2, 0.25) is 0 Å². The summed E-state index contributed by atoms with van der Waals surface area (Å²) < 4.78 is 2.26. The minimum Gasteiger partial charge on any atom is -0.368 e. The number of aromatic nitrogens is 4. The predicted molar refractivity (Wildman–Crippen MR) is 115 cm³/mol. The van der Waals surface area contributed by atoms with Gasteiger partial charge in [0.2, 0.25) is 5.95 Å². The summed E-state index contributed by atoms with van der Waals surface area (Å²) in [6, 6.07) is 1.28. The van der Waals surface area contributed by atoms with Crippen LogP contribution in [0.15, 0.2) is 6.33 Å². The van der Waals surface area contributed by atoms with Gasteiger partial charge in [-0.25, -0.2) is 4.98 Å². The van der Waals surface area contributed by atoms with Crippen LogP contribution in [0, 0.1) is 0 Å². The maximum absolute atomic E-state index is 6.02. The van der Waals surface area contributed by atoms with Crippen LogP contribution in [-0.4, -0.2) is 38.1 Å². The molecule has 0 amide bonds. The van der Waals surface area contributed by atoms with E-state index in [0.29, 0.717) is 24.1 Å². The summed E-state index contributed by atoms with van der Waals surface area (Å²) in [4.78, 5) is 14.2. The van der Waals surface area contributed by atoms with Gasteiger partial charge in [0.15, 0.2) is 17.0 Å². The van der Waals surface area contributed by atoms with E-state index in [2.05, 4.69) is 27.1 Å². The summed E-state index contributed by atoms with van der Waals surface area (Å²) in [5, 5.41) is 6.89. The molecule has 2 heterocycles. The maximum atomic E-state index is 6.02. The van der Waals surface area contributed by atoms with Gasteiger partial charge in [-0.15, -0.1) is 24.8 Å². The maximum Gasteiger partial charge on any atom is 0.227 e. The number of nitrogens with one attached hydrogen (secondary N) is 2. The molecule has 0 aliphatic heterocycles. The molecule has 0 unspecified atom stereocenters. The molecule has 2 aliphatic carbocycles. The van der Waals surface area contributed by atoms with Gasteiger partial charge in [0, 0.05) is 24.7 Å². The van der Waals surface area contributed by atoms with E-state index in [0.717, 1.165) is 49.2 Å². The lowest BCUT2D eigenvalue weighted by atomic mass is 9.92. The average molecular weight is 416 g/mol. The lowest BCUT2D eigenvalue weighted by molar-refractivity contribution is 0.410. The summed E-state index contributed by atoms with van der Waals surface area (Å²) >= 11 is 0. The van der Waals surface area contributed by atoms with Gasteiger partial charge < -0.3 is 20.9 Å². The number of nitrogens with two attached hydrogens (primary N) is 1. The topological polar surface area (TPSA) is 93.7 Å². The molecule has 2 aromatic heterocycles. The van der Waals surface area contributed by atoms with Crippen molar-refractivity contribution in [3.63, 3.8) is 0 Å². The lowest BCUT2D eigenvalue weighted by Gasteiger charge is -2.27. The highest BCUT2D eigenvalue weighted by atomic mass is 35.5. The van der Waals surface area contributed by atoms with Crippen molar-refractivity contribution < 1.29 is 0 Å². The van der Waals surface area contributed by atoms with Crippen LogP contribution in [0.1, 0.15) is 64.3 Å². The van der Waals surface area contributed by atoms with Crippen LogP contribution in [-0.2, 0) is 0 Å². The Labute approximate surface area is 173 Å². The van der Waals surface area contributed by atoms with Crippen LogP contribution in [0.25, 0.3) is 11.2 Å². The normalized spacial score (nSPS) is 22.9. The zero-order valence-corrected chi connectivity index (χ0v) is 17.5. The Morgan fingerprint density at radius 1 is 1.07 bits per heavy atom. The fourth-order valence-corrected chi connectivity index (χ4v) is 4.17.